The van der Waals surface area contributed by atoms with E-state index in [4.69, 9.17) is 10.5 Å². The zero-order chi connectivity index (χ0) is 22.4. The SMILES string of the molecule is Cc1nn(-c2ccc3ccccc3c2)c2c1[C@H](c1ccc([N+](=O)[O-])cc1)C(C#N)=C(N)O2. The van der Waals surface area contributed by atoms with Crippen LogP contribution in [0.15, 0.2) is 78.2 Å². The highest BCUT2D eigenvalue weighted by Gasteiger charge is 2.36. The quantitative estimate of drug-likeness (QED) is 0.384. The Morgan fingerprint density at radius 3 is 2.53 bits per heavy atom. The number of nitrogens with two attached hydrogens (primary N) is 1. The van der Waals surface area contributed by atoms with Gasteiger partial charge in [-0.1, -0.05) is 42.5 Å². The fourth-order valence-corrected chi connectivity index (χ4v) is 4.12. The van der Waals surface area contributed by atoms with E-state index in [-0.39, 0.29) is 17.1 Å². The third kappa shape index (κ3) is 2.96. The molecule has 1 aliphatic rings. The normalized spacial score (nSPS) is 15.2. The van der Waals surface area contributed by atoms with E-state index in [9.17, 15) is 15.4 Å². The highest BCUT2D eigenvalue weighted by atomic mass is 16.6. The smallest absolute Gasteiger partial charge is 0.269 e. The van der Waals surface area contributed by atoms with Gasteiger partial charge in [0, 0.05) is 12.1 Å². The maximum atomic E-state index is 11.1. The van der Waals surface area contributed by atoms with E-state index in [0.717, 1.165) is 16.5 Å². The molecule has 0 saturated carbocycles. The average molecular weight is 423 g/mol. The number of non-ortho nitro benzene ring substituents is 1. The highest BCUT2D eigenvalue weighted by Crippen LogP contribution is 2.45. The summed E-state index contributed by atoms with van der Waals surface area (Å²) in [6.45, 7) is 1.84. The molecule has 8 heteroatoms. The second-order valence-corrected chi connectivity index (χ2v) is 7.52. The van der Waals surface area contributed by atoms with Crippen LogP contribution in [0, 0.1) is 28.4 Å². The van der Waals surface area contributed by atoms with Crippen molar-refractivity contribution in [1.29, 1.82) is 5.26 Å². The first kappa shape index (κ1) is 19.3. The van der Waals surface area contributed by atoms with Gasteiger partial charge < -0.3 is 10.5 Å². The predicted octanol–water partition coefficient (Wildman–Crippen LogP) is 4.46. The summed E-state index contributed by atoms with van der Waals surface area (Å²) in [4.78, 5) is 10.6. The minimum Gasteiger partial charge on any atom is -0.422 e. The number of ether oxygens (including phenoxy) is 1. The predicted molar refractivity (Wildman–Crippen MR) is 118 cm³/mol. The minimum atomic E-state index is -0.543. The second kappa shape index (κ2) is 7.25. The molecule has 4 aromatic rings. The summed E-state index contributed by atoms with van der Waals surface area (Å²) < 4.78 is 7.57. The van der Waals surface area contributed by atoms with Crippen molar-refractivity contribution >= 4 is 16.5 Å². The number of aryl methyl sites for hydroxylation is 1. The summed E-state index contributed by atoms with van der Waals surface area (Å²) in [5, 5.41) is 27.7. The van der Waals surface area contributed by atoms with Crippen LogP contribution in [0.25, 0.3) is 16.5 Å². The van der Waals surface area contributed by atoms with Gasteiger partial charge in [0.1, 0.15) is 11.6 Å². The summed E-state index contributed by atoms with van der Waals surface area (Å²) in [6.07, 6.45) is 0. The van der Waals surface area contributed by atoms with E-state index in [0.29, 0.717) is 22.7 Å². The Hall–Kier alpha value is -4.64. The van der Waals surface area contributed by atoms with Crippen LogP contribution in [0.4, 0.5) is 5.69 Å². The molecule has 1 aromatic heterocycles. The number of rotatable bonds is 3. The van der Waals surface area contributed by atoms with E-state index in [1.54, 1.807) is 16.8 Å². The molecule has 1 aliphatic heterocycles. The van der Waals surface area contributed by atoms with Gasteiger partial charge in [0.2, 0.25) is 11.8 Å². The molecule has 2 heterocycles. The van der Waals surface area contributed by atoms with Gasteiger partial charge in [-0.15, -0.1) is 0 Å². The monoisotopic (exact) mass is 423 g/mol. The van der Waals surface area contributed by atoms with Crippen molar-refractivity contribution in [2.75, 3.05) is 0 Å². The second-order valence-electron chi connectivity index (χ2n) is 7.52. The van der Waals surface area contributed by atoms with Crippen LogP contribution in [-0.2, 0) is 0 Å². The maximum absolute atomic E-state index is 11.1. The van der Waals surface area contributed by atoms with E-state index in [1.807, 2.05) is 49.4 Å². The highest BCUT2D eigenvalue weighted by molar-refractivity contribution is 5.84. The minimum absolute atomic E-state index is 0.00899. The van der Waals surface area contributed by atoms with Gasteiger partial charge in [0.05, 0.1) is 27.8 Å². The molecular formula is C24H17N5O3. The van der Waals surface area contributed by atoms with E-state index in [1.165, 1.54) is 12.1 Å². The first-order valence-corrected chi connectivity index (χ1v) is 9.88. The molecule has 1 atom stereocenters. The number of hydrogen-bond acceptors (Lipinski definition) is 6. The lowest BCUT2D eigenvalue weighted by Gasteiger charge is -2.24. The lowest BCUT2D eigenvalue weighted by Crippen LogP contribution is -2.22. The van der Waals surface area contributed by atoms with Crippen molar-refractivity contribution in [3.63, 3.8) is 0 Å². The van der Waals surface area contributed by atoms with Crippen molar-refractivity contribution in [2.45, 2.75) is 12.8 Å². The number of fused-ring (bicyclic) bond motifs is 2. The number of aromatic nitrogens is 2. The zero-order valence-electron chi connectivity index (χ0n) is 17.0. The number of nitrogens with zero attached hydrogens (tertiary/aromatic N) is 4. The van der Waals surface area contributed by atoms with Crippen molar-refractivity contribution in [3.05, 3.63) is 105 Å². The largest absolute Gasteiger partial charge is 0.422 e. The molecule has 0 unspecified atom stereocenters. The Morgan fingerprint density at radius 2 is 1.84 bits per heavy atom. The molecule has 156 valence electrons. The van der Waals surface area contributed by atoms with E-state index < -0.39 is 10.8 Å². The molecule has 2 N–H and O–H groups in total. The van der Waals surface area contributed by atoms with Crippen LogP contribution in [0.3, 0.4) is 0 Å². The molecule has 5 rings (SSSR count). The van der Waals surface area contributed by atoms with Crippen LogP contribution in [0.1, 0.15) is 22.7 Å². The van der Waals surface area contributed by atoms with Gasteiger partial charge in [-0.05, 0) is 35.4 Å². The Labute approximate surface area is 182 Å². The number of hydrogen-bond donors (Lipinski definition) is 1. The molecule has 0 spiro atoms. The molecule has 32 heavy (non-hydrogen) atoms. The number of nitriles is 1. The van der Waals surface area contributed by atoms with Crippen molar-refractivity contribution in [1.82, 2.24) is 9.78 Å². The van der Waals surface area contributed by atoms with Crippen LogP contribution in [0.2, 0.25) is 0 Å². The molecule has 8 nitrogen and oxygen atoms in total. The molecule has 0 fully saturated rings. The Bertz CT molecular complexity index is 1460. The lowest BCUT2D eigenvalue weighted by molar-refractivity contribution is -0.384. The Morgan fingerprint density at radius 1 is 1.12 bits per heavy atom. The number of allylic oxidation sites excluding steroid dienone is 1. The van der Waals surface area contributed by atoms with Crippen LogP contribution in [-0.4, -0.2) is 14.7 Å². The van der Waals surface area contributed by atoms with Crippen LogP contribution >= 0.6 is 0 Å². The van der Waals surface area contributed by atoms with Gasteiger partial charge in [-0.25, -0.2) is 4.68 Å². The summed E-state index contributed by atoms with van der Waals surface area (Å²) in [5.41, 5.74) is 9.23. The third-order valence-electron chi connectivity index (χ3n) is 5.65. The van der Waals surface area contributed by atoms with Gasteiger partial charge >= 0.3 is 0 Å². The fraction of sp³-hybridized carbons (Fsp3) is 0.0833. The molecule has 0 aliphatic carbocycles. The molecule has 0 bridgehead atoms. The summed E-state index contributed by atoms with van der Waals surface area (Å²) in [6, 6.07) is 22.2. The van der Waals surface area contributed by atoms with Gasteiger partial charge in [-0.2, -0.15) is 10.4 Å². The van der Waals surface area contributed by atoms with Crippen molar-refractivity contribution in [3.8, 4) is 17.6 Å². The third-order valence-corrected chi connectivity index (χ3v) is 5.65. The van der Waals surface area contributed by atoms with E-state index >= 15 is 0 Å². The number of benzene rings is 3. The standard InChI is InChI=1S/C24H17N5O3/c1-14-21-22(16-7-9-18(10-8-16)29(30)31)20(13-25)23(26)32-24(21)28(27-14)19-11-6-15-4-2-3-5-17(15)12-19/h2-12,22H,26H2,1H3/t22-/m1/s1. The first-order chi connectivity index (χ1) is 15.5. The van der Waals surface area contributed by atoms with E-state index in [2.05, 4.69) is 11.2 Å². The van der Waals surface area contributed by atoms with Crippen LogP contribution in [0.5, 0.6) is 5.88 Å². The average Bonchev–Trinajstić information content (AvgIpc) is 3.13. The fourth-order valence-electron chi connectivity index (χ4n) is 4.12. The summed E-state index contributed by atoms with van der Waals surface area (Å²) in [5.74, 6) is -0.123. The molecule has 3 aromatic carbocycles. The molecule has 0 saturated heterocycles. The Kier molecular flexibility index (Phi) is 4.38. The topological polar surface area (TPSA) is 120 Å². The summed E-state index contributed by atoms with van der Waals surface area (Å²) in [7, 11) is 0. The molecule has 0 radical (unpaired) electrons. The molecular weight excluding hydrogens is 406 g/mol. The van der Waals surface area contributed by atoms with Gasteiger partial charge in [0.25, 0.3) is 5.69 Å². The first-order valence-electron chi connectivity index (χ1n) is 9.88. The molecule has 0 amide bonds. The van der Waals surface area contributed by atoms with Crippen molar-refractivity contribution in [2.24, 2.45) is 5.73 Å². The zero-order valence-corrected chi connectivity index (χ0v) is 17.0. The van der Waals surface area contributed by atoms with Crippen LogP contribution < -0.4 is 10.5 Å². The number of nitro benzene ring substituents is 1. The Balaban J connectivity index is 1.69. The number of nitro groups is 1. The lowest BCUT2D eigenvalue weighted by atomic mass is 9.84. The summed E-state index contributed by atoms with van der Waals surface area (Å²) >= 11 is 0. The van der Waals surface area contributed by atoms with Gasteiger partial charge in [-0.3, -0.25) is 10.1 Å². The van der Waals surface area contributed by atoms with Gasteiger partial charge in [0.15, 0.2) is 0 Å². The maximum Gasteiger partial charge on any atom is 0.269 e. The van der Waals surface area contributed by atoms with Crippen molar-refractivity contribution < 1.29 is 9.66 Å².